The Morgan fingerprint density at radius 1 is 1.14 bits per heavy atom. The minimum atomic E-state index is -0.229. The normalized spacial score (nSPS) is 11.8. The third-order valence-electron chi connectivity index (χ3n) is 5.21. The van der Waals surface area contributed by atoms with Gasteiger partial charge in [-0.3, -0.25) is 14.8 Å². The van der Waals surface area contributed by atoms with E-state index in [9.17, 15) is 4.79 Å². The van der Waals surface area contributed by atoms with Crippen molar-refractivity contribution in [1.29, 1.82) is 0 Å². The minimum Gasteiger partial charge on any atom is -0.490 e. The molecule has 3 aromatic rings. The van der Waals surface area contributed by atoms with Crippen molar-refractivity contribution in [3.05, 3.63) is 66.4 Å². The van der Waals surface area contributed by atoms with Gasteiger partial charge in [0.15, 0.2) is 0 Å². The van der Waals surface area contributed by atoms with E-state index in [2.05, 4.69) is 25.5 Å². The zero-order chi connectivity index (χ0) is 25.2. The third kappa shape index (κ3) is 7.04. The number of hydrogen-bond donors (Lipinski definition) is 2. The number of hydrogen-bond acceptors (Lipinski definition) is 7. The molecule has 0 aliphatic heterocycles. The van der Waals surface area contributed by atoms with E-state index < -0.39 is 0 Å². The SMILES string of the molecule is CC/C=C\C(=NC)NC(=O)c1ccc(Oc2ccnc3cc(OCCN(C)C)c(NC)cc23)cc1. The zero-order valence-corrected chi connectivity index (χ0v) is 21.0. The van der Waals surface area contributed by atoms with E-state index >= 15 is 0 Å². The highest BCUT2D eigenvalue weighted by Gasteiger charge is 2.12. The number of fused-ring (bicyclic) bond motifs is 1. The molecule has 0 bridgehead atoms. The molecule has 0 spiro atoms. The number of nitrogens with zero attached hydrogens (tertiary/aromatic N) is 3. The summed E-state index contributed by atoms with van der Waals surface area (Å²) >= 11 is 0. The van der Waals surface area contributed by atoms with Gasteiger partial charge >= 0.3 is 0 Å². The second kappa shape index (κ2) is 12.5. The number of rotatable bonds is 10. The number of carbonyl (C=O) groups is 1. The number of ether oxygens (including phenoxy) is 2. The predicted octanol–water partition coefficient (Wildman–Crippen LogP) is 4.73. The molecule has 184 valence electrons. The lowest BCUT2D eigenvalue weighted by molar-refractivity contribution is 0.0977. The van der Waals surface area contributed by atoms with Gasteiger partial charge in [-0.05, 0) is 63.0 Å². The highest BCUT2D eigenvalue weighted by atomic mass is 16.5. The van der Waals surface area contributed by atoms with Crippen LogP contribution >= 0.6 is 0 Å². The first-order valence-electron chi connectivity index (χ1n) is 11.6. The van der Waals surface area contributed by atoms with E-state index in [0.717, 1.165) is 35.3 Å². The Morgan fingerprint density at radius 3 is 2.57 bits per heavy atom. The monoisotopic (exact) mass is 475 g/mol. The van der Waals surface area contributed by atoms with E-state index in [0.29, 0.717) is 29.5 Å². The van der Waals surface area contributed by atoms with Crippen LogP contribution in [0.5, 0.6) is 17.2 Å². The fourth-order valence-corrected chi connectivity index (χ4v) is 3.28. The number of aliphatic imine (C=N–C) groups is 1. The molecule has 1 aromatic heterocycles. The Hall–Kier alpha value is -3.91. The first-order valence-corrected chi connectivity index (χ1v) is 11.6. The van der Waals surface area contributed by atoms with E-state index in [1.807, 2.05) is 52.3 Å². The highest BCUT2D eigenvalue weighted by molar-refractivity contribution is 6.10. The lowest BCUT2D eigenvalue weighted by Gasteiger charge is -2.16. The van der Waals surface area contributed by atoms with Crippen LogP contribution in [-0.4, -0.2) is 63.0 Å². The average Bonchev–Trinajstić information content (AvgIpc) is 2.86. The van der Waals surface area contributed by atoms with Crippen LogP contribution < -0.4 is 20.1 Å². The number of allylic oxidation sites excluding steroid dienone is 1. The molecule has 2 aromatic carbocycles. The maximum Gasteiger partial charge on any atom is 0.256 e. The molecule has 1 heterocycles. The summed E-state index contributed by atoms with van der Waals surface area (Å²) in [5.41, 5.74) is 2.13. The summed E-state index contributed by atoms with van der Waals surface area (Å²) in [6, 6.07) is 12.7. The molecule has 0 saturated heterocycles. The van der Waals surface area contributed by atoms with Gasteiger partial charge in [0.1, 0.15) is 29.7 Å². The lowest BCUT2D eigenvalue weighted by Crippen LogP contribution is -2.29. The van der Waals surface area contributed by atoms with E-state index in [1.165, 1.54) is 0 Å². The Morgan fingerprint density at radius 2 is 1.91 bits per heavy atom. The van der Waals surface area contributed by atoms with Crippen LogP contribution in [0, 0.1) is 0 Å². The largest absolute Gasteiger partial charge is 0.490 e. The molecule has 8 nitrogen and oxygen atoms in total. The number of anilines is 1. The standard InChI is InChI=1S/C27H33N5O3/c1-6-7-8-26(29-3)31-27(33)19-9-11-20(12-10-19)35-24-13-14-30-22-18-25(34-16-15-32(4)5)23(28-2)17-21(22)24/h7-14,17-18,28H,6,15-16H2,1-5H3,(H,29,31,33)/b8-7-. The van der Waals surface area contributed by atoms with Crippen LogP contribution in [0.1, 0.15) is 23.7 Å². The van der Waals surface area contributed by atoms with Crippen LogP contribution in [0.4, 0.5) is 5.69 Å². The van der Waals surface area contributed by atoms with Crippen molar-refractivity contribution in [2.45, 2.75) is 13.3 Å². The summed E-state index contributed by atoms with van der Waals surface area (Å²) in [4.78, 5) is 23.2. The summed E-state index contributed by atoms with van der Waals surface area (Å²) in [6.45, 7) is 3.41. The lowest BCUT2D eigenvalue weighted by atomic mass is 10.1. The Kier molecular flexibility index (Phi) is 9.20. The maximum atomic E-state index is 12.5. The van der Waals surface area contributed by atoms with Crippen molar-refractivity contribution in [1.82, 2.24) is 15.2 Å². The van der Waals surface area contributed by atoms with Gasteiger partial charge in [-0.25, -0.2) is 0 Å². The molecule has 3 rings (SSSR count). The van der Waals surface area contributed by atoms with E-state index in [-0.39, 0.29) is 5.91 Å². The van der Waals surface area contributed by atoms with Gasteiger partial charge in [-0.2, -0.15) is 0 Å². The molecule has 0 saturated carbocycles. The molecule has 8 heteroatoms. The fourth-order valence-electron chi connectivity index (χ4n) is 3.28. The predicted molar refractivity (Wildman–Crippen MR) is 142 cm³/mol. The summed E-state index contributed by atoms with van der Waals surface area (Å²) in [5.74, 6) is 2.31. The molecule has 0 radical (unpaired) electrons. The van der Waals surface area contributed by atoms with Gasteiger partial charge in [-0.1, -0.05) is 13.0 Å². The second-order valence-electron chi connectivity index (χ2n) is 8.08. The molecule has 35 heavy (non-hydrogen) atoms. The number of carbonyl (C=O) groups excluding carboxylic acids is 1. The van der Waals surface area contributed by atoms with Gasteiger partial charge in [0.2, 0.25) is 0 Å². The van der Waals surface area contributed by atoms with Gasteiger partial charge in [0, 0.05) is 43.9 Å². The molecule has 0 fully saturated rings. The number of aromatic nitrogens is 1. The van der Waals surface area contributed by atoms with Gasteiger partial charge in [-0.15, -0.1) is 0 Å². The first kappa shape index (κ1) is 25.7. The van der Waals surface area contributed by atoms with E-state index in [4.69, 9.17) is 9.47 Å². The summed E-state index contributed by atoms with van der Waals surface area (Å²) in [5, 5.41) is 6.84. The van der Waals surface area contributed by atoms with E-state index in [1.54, 1.807) is 43.6 Å². The fraction of sp³-hybridized carbons (Fsp3) is 0.296. The Labute approximate surface area is 206 Å². The van der Waals surface area contributed by atoms with Gasteiger partial charge in [0.05, 0.1) is 11.2 Å². The molecule has 2 N–H and O–H groups in total. The summed E-state index contributed by atoms with van der Waals surface area (Å²) in [7, 11) is 7.51. The van der Waals surface area contributed by atoms with Crippen LogP contribution in [0.15, 0.2) is 65.8 Å². The van der Waals surface area contributed by atoms with Gasteiger partial charge < -0.3 is 25.0 Å². The number of benzene rings is 2. The summed E-state index contributed by atoms with van der Waals surface area (Å²) in [6.07, 6.45) is 6.31. The summed E-state index contributed by atoms with van der Waals surface area (Å²) < 4.78 is 12.1. The van der Waals surface area contributed by atoms with Crippen LogP contribution in [0.2, 0.25) is 0 Å². The van der Waals surface area contributed by atoms with Crippen molar-refractivity contribution in [2.24, 2.45) is 4.99 Å². The molecular weight excluding hydrogens is 442 g/mol. The van der Waals surface area contributed by atoms with Crippen molar-refractivity contribution >= 4 is 28.3 Å². The van der Waals surface area contributed by atoms with Crippen LogP contribution in [0.3, 0.4) is 0 Å². The number of amidine groups is 1. The van der Waals surface area contributed by atoms with Crippen LogP contribution in [-0.2, 0) is 0 Å². The topological polar surface area (TPSA) is 88.1 Å². The number of amides is 1. The Balaban J connectivity index is 1.77. The second-order valence-corrected chi connectivity index (χ2v) is 8.08. The minimum absolute atomic E-state index is 0.229. The number of likely N-dealkylation sites (N-methyl/N-ethyl adjacent to an activating group) is 1. The van der Waals surface area contributed by atoms with Crippen molar-refractivity contribution in [2.75, 3.05) is 46.7 Å². The average molecular weight is 476 g/mol. The third-order valence-corrected chi connectivity index (χ3v) is 5.21. The molecule has 0 atom stereocenters. The molecule has 0 unspecified atom stereocenters. The van der Waals surface area contributed by atoms with Gasteiger partial charge in [0.25, 0.3) is 5.91 Å². The highest BCUT2D eigenvalue weighted by Crippen LogP contribution is 2.35. The van der Waals surface area contributed by atoms with Crippen LogP contribution in [0.25, 0.3) is 10.9 Å². The van der Waals surface area contributed by atoms with Crippen molar-refractivity contribution in [3.63, 3.8) is 0 Å². The Bertz CT molecular complexity index is 1200. The van der Waals surface area contributed by atoms with Crippen molar-refractivity contribution < 1.29 is 14.3 Å². The smallest absolute Gasteiger partial charge is 0.256 e. The molecule has 0 aliphatic rings. The van der Waals surface area contributed by atoms with Crippen molar-refractivity contribution in [3.8, 4) is 17.2 Å². The molecule has 0 aliphatic carbocycles. The molecular formula is C27H33N5O3. The maximum absolute atomic E-state index is 12.5. The first-order chi connectivity index (χ1) is 16.9. The number of pyridine rings is 1. The number of nitrogens with one attached hydrogen (secondary N) is 2. The quantitative estimate of drug-likeness (QED) is 0.325. The molecule has 1 amide bonds. The zero-order valence-electron chi connectivity index (χ0n) is 21.0.